The van der Waals surface area contributed by atoms with Crippen LogP contribution < -0.4 is 0 Å². The Morgan fingerprint density at radius 3 is 2.58 bits per heavy atom. The zero-order valence-electron chi connectivity index (χ0n) is 10.8. The molecule has 0 bridgehead atoms. The van der Waals surface area contributed by atoms with Gasteiger partial charge in [-0.15, -0.1) is 0 Å². The predicted octanol–water partition coefficient (Wildman–Crippen LogP) is 2.14. The standard InChI is InChI=1S/C15H15N3O/c1-2-8-18-13(19)12-11(10-6-4-3-5-7-10)15(12,9-16)14(18)17/h3-7,11-12,17H,2,8H2,1H3/t11-,12+,15+/m1/s1. The molecule has 1 aromatic rings. The number of nitrogens with one attached hydrogen (secondary N) is 1. The average Bonchev–Trinajstić information content (AvgIpc) is 3.09. The molecule has 1 amide bonds. The topological polar surface area (TPSA) is 68.0 Å². The van der Waals surface area contributed by atoms with Gasteiger partial charge in [0, 0.05) is 12.5 Å². The lowest BCUT2D eigenvalue weighted by Crippen LogP contribution is -2.36. The maximum absolute atomic E-state index is 12.3. The molecule has 0 radical (unpaired) electrons. The molecule has 1 saturated heterocycles. The minimum absolute atomic E-state index is 0.0535. The fourth-order valence-corrected chi connectivity index (χ4v) is 3.27. The van der Waals surface area contributed by atoms with Crippen LogP contribution in [0.3, 0.4) is 0 Å². The molecule has 1 aliphatic heterocycles. The molecule has 0 unspecified atom stereocenters. The van der Waals surface area contributed by atoms with Gasteiger partial charge in [0.2, 0.25) is 5.91 Å². The van der Waals surface area contributed by atoms with Gasteiger partial charge in [-0.2, -0.15) is 5.26 Å². The molecule has 19 heavy (non-hydrogen) atoms. The molecular formula is C15H15N3O. The minimum Gasteiger partial charge on any atom is -0.299 e. The molecular weight excluding hydrogens is 238 g/mol. The number of hydrogen-bond donors (Lipinski definition) is 1. The average molecular weight is 253 g/mol. The van der Waals surface area contributed by atoms with Crippen LogP contribution in [0.15, 0.2) is 30.3 Å². The number of amidine groups is 1. The summed E-state index contributed by atoms with van der Waals surface area (Å²) in [6, 6.07) is 11.9. The van der Waals surface area contributed by atoms with E-state index in [1.54, 1.807) is 0 Å². The molecule has 1 aromatic carbocycles. The van der Waals surface area contributed by atoms with Gasteiger partial charge in [0.1, 0.15) is 11.3 Å². The van der Waals surface area contributed by atoms with Crippen molar-refractivity contribution in [2.75, 3.05) is 6.54 Å². The minimum atomic E-state index is -0.909. The maximum Gasteiger partial charge on any atom is 0.233 e. The van der Waals surface area contributed by atoms with E-state index in [-0.39, 0.29) is 23.6 Å². The van der Waals surface area contributed by atoms with Gasteiger partial charge >= 0.3 is 0 Å². The van der Waals surface area contributed by atoms with E-state index in [0.717, 1.165) is 12.0 Å². The summed E-state index contributed by atoms with van der Waals surface area (Å²) in [6.07, 6.45) is 0.804. The quantitative estimate of drug-likeness (QED) is 0.896. The molecule has 4 nitrogen and oxygen atoms in total. The number of likely N-dealkylation sites (tertiary alicyclic amines) is 1. The number of benzene rings is 1. The number of fused-ring (bicyclic) bond motifs is 1. The molecule has 0 spiro atoms. The monoisotopic (exact) mass is 253 g/mol. The summed E-state index contributed by atoms with van der Waals surface area (Å²) in [5, 5.41) is 17.7. The zero-order chi connectivity index (χ0) is 13.6. The fourth-order valence-electron chi connectivity index (χ4n) is 3.27. The normalized spacial score (nSPS) is 32.1. The Labute approximate surface area is 112 Å². The first-order valence-corrected chi connectivity index (χ1v) is 6.55. The molecule has 4 heteroatoms. The van der Waals surface area contributed by atoms with Crippen molar-refractivity contribution < 1.29 is 4.79 Å². The second-order valence-corrected chi connectivity index (χ2v) is 5.19. The second kappa shape index (κ2) is 3.92. The van der Waals surface area contributed by atoms with Gasteiger partial charge in [0.25, 0.3) is 0 Å². The van der Waals surface area contributed by atoms with Crippen LogP contribution in [0.4, 0.5) is 0 Å². The van der Waals surface area contributed by atoms with Gasteiger partial charge in [-0.25, -0.2) is 0 Å². The molecule has 1 N–H and O–H groups in total. The van der Waals surface area contributed by atoms with Crippen molar-refractivity contribution in [2.45, 2.75) is 19.3 Å². The highest BCUT2D eigenvalue weighted by Gasteiger charge is 2.78. The highest BCUT2D eigenvalue weighted by Crippen LogP contribution is 2.69. The van der Waals surface area contributed by atoms with E-state index in [0.29, 0.717) is 6.54 Å². The van der Waals surface area contributed by atoms with Crippen molar-refractivity contribution in [1.29, 1.82) is 10.7 Å². The predicted molar refractivity (Wildman–Crippen MR) is 70.4 cm³/mol. The fraction of sp³-hybridized carbons (Fsp3) is 0.400. The summed E-state index contributed by atoms with van der Waals surface area (Å²) in [6.45, 7) is 2.51. The first-order valence-electron chi connectivity index (χ1n) is 6.55. The van der Waals surface area contributed by atoms with Crippen LogP contribution >= 0.6 is 0 Å². The summed E-state index contributed by atoms with van der Waals surface area (Å²) in [7, 11) is 0. The molecule has 1 saturated carbocycles. The van der Waals surface area contributed by atoms with Crippen molar-refractivity contribution in [3.63, 3.8) is 0 Å². The van der Waals surface area contributed by atoms with Crippen molar-refractivity contribution in [2.24, 2.45) is 11.3 Å². The largest absolute Gasteiger partial charge is 0.299 e. The number of hydrogen-bond acceptors (Lipinski definition) is 3. The molecule has 0 aromatic heterocycles. The molecule has 1 heterocycles. The summed E-state index contributed by atoms with van der Waals surface area (Å²) in [4.78, 5) is 13.8. The first-order chi connectivity index (χ1) is 9.18. The van der Waals surface area contributed by atoms with Crippen LogP contribution in [-0.2, 0) is 4.79 Å². The van der Waals surface area contributed by atoms with Gasteiger partial charge < -0.3 is 0 Å². The van der Waals surface area contributed by atoms with Crippen LogP contribution in [0.1, 0.15) is 24.8 Å². The highest BCUT2D eigenvalue weighted by molar-refractivity contribution is 6.16. The number of carbonyl (C=O) groups is 1. The van der Waals surface area contributed by atoms with Gasteiger partial charge in [-0.1, -0.05) is 37.3 Å². The van der Waals surface area contributed by atoms with Crippen LogP contribution in [0, 0.1) is 28.1 Å². The van der Waals surface area contributed by atoms with Crippen LogP contribution in [0.5, 0.6) is 0 Å². The van der Waals surface area contributed by atoms with Crippen molar-refractivity contribution in [1.82, 2.24) is 4.90 Å². The number of rotatable bonds is 3. The van der Waals surface area contributed by atoms with E-state index >= 15 is 0 Å². The lowest BCUT2D eigenvalue weighted by atomic mass is 9.99. The smallest absolute Gasteiger partial charge is 0.233 e. The van der Waals surface area contributed by atoms with Crippen LogP contribution in [0.25, 0.3) is 0 Å². The summed E-state index contributed by atoms with van der Waals surface area (Å²) >= 11 is 0. The third kappa shape index (κ3) is 1.33. The molecule has 3 rings (SSSR count). The van der Waals surface area contributed by atoms with Crippen LogP contribution in [-0.4, -0.2) is 23.2 Å². The number of nitriles is 1. The summed E-state index contributed by atoms with van der Waals surface area (Å²) in [5.41, 5.74) is 0.0800. The van der Waals surface area contributed by atoms with Gasteiger partial charge in [-0.05, 0) is 12.0 Å². The van der Waals surface area contributed by atoms with Crippen LogP contribution in [0.2, 0.25) is 0 Å². The summed E-state index contributed by atoms with van der Waals surface area (Å²) < 4.78 is 0. The van der Waals surface area contributed by atoms with Gasteiger partial charge in [-0.3, -0.25) is 15.1 Å². The first kappa shape index (κ1) is 11.9. The lowest BCUT2D eigenvalue weighted by Gasteiger charge is -2.21. The number of nitrogens with zero attached hydrogens (tertiary/aromatic N) is 2. The van der Waals surface area contributed by atoms with E-state index in [9.17, 15) is 10.1 Å². The maximum atomic E-state index is 12.3. The second-order valence-electron chi connectivity index (χ2n) is 5.19. The van der Waals surface area contributed by atoms with Crippen molar-refractivity contribution >= 4 is 11.7 Å². The Balaban J connectivity index is 1.98. The molecule has 1 aliphatic carbocycles. The Morgan fingerprint density at radius 1 is 1.37 bits per heavy atom. The summed E-state index contributed by atoms with van der Waals surface area (Å²) in [5.74, 6) is -0.339. The Hall–Kier alpha value is -2.15. The number of piperidine rings is 1. The number of carbonyl (C=O) groups excluding carboxylic acids is 1. The van der Waals surface area contributed by atoms with E-state index in [2.05, 4.69) is 6.07 Å². The third-order valence-corrected chi connectivity index (χ3v) is 4.19. The third-order valence-electron chi connectivity index (χ3n) is 4.19. The Morgan fingerprint density at radius 2 is 2.05 bits per heavy atom. The zero-order valence-corrected chi connectivity index (χ0v) is 10.8. The van der Waals surface area contributed by atoms with E-state index < -0.39 is 5.41 Å². The van der Waals surface area contributed by atoms with E-state index in [1.165, 1.54) is 4.90 Å². The SMILES string of the molecule is CCCN1C(=N)[C@]2(C#N)[C@H](C1=O)[C@H]2c1ccccc1. The van der Waals surface area contributed by atoms with Crippen molar-refractivity contribution in [3.05, 3.63) is 35.9 Å². The Kier molecular flexibility index (Phi) is 2.46. The lowest BCUT2D eigenvalue weighted by molar-refractivity contribution is -0.127. The molecule has 96 valence electrons. The van der Waals surface area contributed by atoms with E-state index in [1.807, 2.05) is 37.3 Å². The van der Waals surface area contributed by atoms with Crippen molar-refractivity contribution in [3.8, 4) is 6.07 Å². The number of amides is 1. The molecule has 3 atom stereocenters. The van der Waals surface area contributed by atoms with Gasteiger partial charge in [0.05, 0.1) is 12.0 Å². The van der Waals surface area contributed by atoms with E-state index in [4.69, 9.17) is 5.41 Å². The molecule has 2 fully saturated rings. The molecule has 2 aliphatic rings. The van der Waals surface area contributed by atoms with Gasteiger partial charge in [0.15, 0.2) is 0 Å². The highest BCUT2D eigenvalue weighted by atomic mass is 16.2. The Bertz CT molecular complexity index is 589.